The number of nitrogens with zero attached hydrogens (tertiary/aromatic N) is 5. The molecule has 0 aliphatic carbocycles. The van der Waals surface area contributed by atoms with Gasteiger partial charge in [0.2, 0.25) is 0 Å². The van der Waals surface area contributed by atoms with Crippen LogP contribution in [0.3, 0.4) is 0 Å². The van der Waals surface area contributed by atoms with Crippen LogP contribution in [0.15, 0.2) is 41.3 Å². The fourth-order valence-corrected chi connectivity index (χ4v) is 3.12. The van der Waals surface area contributed by atoms with Gasteiger partial charge in [0.15, 0.2) is 5.82 Å². The van der Waals surface area contributed by atoms with E-state index in [1.54, 1.807) is 26.1 Å². The molecule has 0 saturated heterocycles. The summed E-state index contributed by atoms with van der Waals surface area (Å²) in [4.78, 5) is 23.0. The molecule has 0 aliphatic heterocycles. The van der Waals surface area contributed by atoms with Gasteiger partial charge in [0.05, 0.1) is 15.9 Å². The number of nitro groups is 1. The lowest BCUT2D eigenvalue weighted by Crippen LogP contribution is -2.40. The first kappa shape index (κ1) is 20.9. The quantitative estimate of drug-likeness (QED) is 0.420. The Labute approximate surface area is 177 Å². The summed E-state index contributed by atoms with van der Waals surface area (Å²) < 4.78 is 17.1. The number of anilines is 1. The molecule has 0 radical (unpaired) electrons. The standard InChI is InChI=1S/C17H15BrClFN6O3/c1-17(2,25-7-10(6-21-25)26(28)29)16(27)22-15-12(18)9-24(23-15)8-11-13(19)4-3-5-14(11)20/h3-7,9H,8H2,1-2H3,(H,22,23,27). The van der Waals surface area contributed by atoms with Crippen LogP contribution >= 0.6 is 27.5 Å². The molecule has 0 bridgehead atoms. The number of carbonyl (C=O) groups excluding carboxylic acids is 1. The Kier molecular flexibility index (Phi) is 5.71. The van der Waals surface area contributed by atoms with Crippen molar-refractivity contribution >= 4 is 44.9 Å². The minimum Gasteiger partial charge on any atom is -0.306 e. The number of rotatable bonds is 6. The molecule has 12 heteroatoms. The Morgan fingerprint density at radius 1 is 1.41 bits per heavy atom. The summed E-state index contributed by atoms with van der Waals surface area (Å²) in [6.07, 6.45) is 3.81. The molecule has 152 valence electrons. The van der Waals surface area contributed by atoms with Gasteiger partial charge in [0.1, 0.15) is 23.7 Å². The molecule has 3 aromatic rings. The molecular weight excluding hydrogens is 471 g/mol. The zero-order chi connectivity index (χ0) is 21.3. The fraction of sp³-hybridized carbons (Fsp3) is 0.235. The highest BCUT2D eigenvalue weighted by Gasteiger charge is 2.33. The molecule has 2 heterocycles. The molecule has 9 nitrogen and oxygen atoms in total. The van der Waals surface area contributed by atoms with Crippen molar-refractivity contribution in [1.82, 2.24) is 19.6 Å². The van der Waals surface area contributed by atoms with E-state index in [1.807, 2.05) is 0 Å². The fourth-order valence-electron chi connectivity index (χ4n) is 2.49. The molecular formula is C17H15BrClFN6O3. The van der Waals surface area contributed by atoms with Gasteiger partial charge in [-0.15, -0.1) is 0 Å². The lowest BCUT2D eigenvalue weighted by molar-refractivity contribution is -0.385. The van der Waals surface area contributed by atoms with Gasteiger partial charge in [0, 0.05) is 16.8 Å². The number of benzene rings is 1. The topological polar surface area (TPSA) is 108 Å². The zero-order valence-electron chi connectivity index (χ0n) is 15.3. The van der Waals surface area contributed by atoms with Crippen molar-refractivity contribution < 1.29 is 14.1 Å². The number of hydrogen-bond acceptors (Lipinski definition) is 5. The van der Waals surface area contributed by atoms with Crippen LogP contribution in [-0.4, -0.2) is 30.4 Å². The molecule has 1 N–H and O–H groups in total. The van der Waals surface area contributed by atoms with Crippen LogP contribution in [0.2, 0.25) is 5.02 Å². The molecule has 0 saturated carbocycles. The van der Waals surface area contributed by atoms with E-state index in [9.17, 15) is 19.3 Å². The molecule has 0 atom stereocenters. The van der Waals surface area contributed by atoms with Crippen LogP contribution in [-0.2, 0) is 16.9 Å². The molecule has 1 amide bonds. The van der Waals surface area contributed by atoms with Crippen LogP contribution in [0.5, 0.6) is 0 Å². The summed E-state index contributed by atoms with van der Waals surface area (Å²) in [7, 11) is 0. The molecule has 2 aromatic heterocycles. The maximum absolute atomic E-state index is 14.0. The third-order valence-electron chi connectivity index (χ3n) is 4.24. The number of aromatic nitrogens is 4. The molecule has 1 aromatic carbocycles. The predicted octanol–water partition coefficient (Wildman–Crippen LogP) is 3.96. The Morgan fingerprint density at radius 3 is 2.76 bits per heavy atom. The first-order valence-corrected chi connectivity index (χ1v) is 9.43. The largest absolute Gasteiger partial charge is 0.307 e. The van der Waals surface area contributed by atoms with E-state index in [0.717, 1.165) is 6.20 Å². The summed E-state index contributed by atoms with van der Waals surface area (Å²) in [6, 6.07) is 4.38. The van der Waals surface area contributed by atoms with Crippen LogP contribution < -0.4 is 5.32 Å². The Morgan fingerprint density at radius 2 is 2.14 bits per heavy atom. The van der Waals surface area contributed by atoms with Crippen molar-refractivity contribution in [2.75, 3.05) is 5.32 Å². The van der Waals surface area contributed by atoms with E-state index >= 15 is 0 Å². The highest BCUT2D eigenvalue weighted by molar-refractivity contribution is 9.10. The van der Waals surface area contributed by atoms with Gasteiger partial charge in [-0.3, -0.25) is 24.3 Å². The summed E-state index contributed by atoms with van der Waals surface area (Å²) in [5.74, 6) is -0.751. The van der Waals surface area contributed by atoms with Crippen molar-refractivity contribution in [3.8, 4) is 0 Å². The SMILES string of the molecule is CC(C)(C(=O)Nc1nn(Cc2c(F)cccc2Cl)cc1Br)n1cc([N+](=O)[O-])cn1. The van der Waals surface area contributed by atoms with E-state index in [0.29, 0.717) is 4.47 Å². The van der Waals surface area contributed by atoms with Gasteiger partial charge in [-0.25, -0.2) is 4.39 Å². The van der Waals surface area contributed by atoms with Gasteiger partial charge >= 0.3 is 5.69 Å². The van der Waals surface area contributed by atoms with Crippen LogP contribution in [0.25, 0.3) is 0 Å². The van der Waals surface area contributed by atoms with Crippen molar-refractivity contribution in [3.05, 3.63) is 67.8 Å². The average Bonchev–Trinajstić information content (AvgIpc) is 3.26. The second kappa shape index (κ2) is 7.91. The molecule has 0 unspecified atom stereocenters. The number of amides is 1. The lowest BCUT2D eigenvalue weighted by atomic mass is 10.1. The van der Waals surface area contributed by atoms with E-state index < -0.39 is 22.2 Å². The van der Waals surface area contributed by atoms with Gasteiger partial charge < -0.3 is 5.32 Å². The number of hydrogen-bond donors (Lipinski definition) is 1. The molecule has 0 fully saturated rings. The number of halogens is 3. The third-order valence-corrected chi connectivity index (χ3v) is 5.17. The van der Waals surface area contributed by atoms with Crippen molar-refractivity contribution in [2.45, 2.75) is 25.9 Å². The first-order valence-electron chi connectivity index (χ1n) is 8.26. The molecule has 0 spiro atoms. The first-order chi connectivity index (χ1) is 13.6. The minimum atomic E-state index is -1.23. The predicted molar refractivity (Wildman–Crippen MR) is 107 cm³/mol. The molecule has 0 aliphatic rings. The van der Waals surface area contributed by atoms with Gasteiger partial charge in [-0.1, -0.05) is 17.7 Å². The van der Waals surface area contributed by atoms with E-state index in [4.69, 9.17) is 11.6 Å². The smallest absolute Gasteiger partial charge is 0.306 e. The highest BCUT2D eigenvalue weighted by Crippen LogP contribution is 2.26. The zero-order valence-corrected chi connectivity index (χ0v) is 17.6. The lowest BCUT2D eigenvalue weighted by Gasteiger charge is -2.23. The summed E-state index contributed by atoms with van der Waals surface area (Å²) in [5.41, 5.74) is -1.18. The summed E-state index contributed by atoms with van der Waals surface area (Å²) in [6.45, 7) is 3.18. The van der Waals surface area contributed by atoms with E-state index in [2.05, 4.69) is 31.4 Å². The van der Waals surface area contributed by atoms with Crippen LogP contribution in [0, 0.1) is 15.9 Å². The Hall–Kier alpha value is -2.79. The summed E-state index contributed by atoms with van der Waals surface area (Å²) >= 11 is 9.35. The Balaban J connectivity index is 1.79. The maximum Gasteiger partial charge on any atom is 0.307 e. The Bertz CT molecular complexity index is 1080. The second-order valence-corrected chi connectivity index (χ2v) is 7.90. The van der Waals surface area contributed by atoms with Gasteiger partial charge in [-0.2, -0.15) is 10.2 Å². The van der Waals surface area contributed by atoms with Crippen molar-refractivity contribution in [2.24, 2.45) is 0 Å². The highest BCUT2D eigenvalue weighted by atomic mass is 79.9. The van der Waals surface area contributed by atoms with Gasteiger partial charge in [-0.05, 0) is 41.9 Å². The molecule has 29 heavy (non-hydrogen) atoms. The minimum absolute atomic E-state index is 0.0642. The van der Waals surface area contributed by atoms with Crippen LogP contribution in [0.1, 0.15) is 19.4 Å². The second-order valence-electron chi connectivity index (χ2n) is 6.64. The van der Waals surface area contributed by atoms with E-state index in [1.165, 1.54) is 27.7 Å². The third kappa shape index (κ3) is 4.30. The normalized spacial score (nSPS) is 11.5. The average molecular weight is 486 g/mol. The van der Waals surface area contributed by atoms with Crippen molar-refractivity contribution in [3.63, 3.8) is 0 Å². The van der Waals surface area contributed by atoms with E-state index in [-0.39, 0.29) is 28.6 Å². The van der Waals surface area contributed by atoms with Crippen LogP contribution in [0.4, 0.5) is 15.9 Å². The maximum atomic E-state index is 14.0. The monoisotopic (exact) mass is 484 g/mol. The number of carbonyl (C=O) groups is 1. The molecule has 3 rings (SSSR count). The van der Waals surface area contributed by atoms with Gasteiger partial charge in [0.25, 0.3) is 5.91 Å². The summed E-state index contributed by atoms with van der Waals surface area (Å²) in [5, 5.41) is 21.9. The van der Waals surface area contributed by atoms with Crippen molar-refractivity contribution in [1.29, 1.82) is 0 Å². The number of nitrogens with one attached hydrogen (secondary N) is 1.